The molecule has 0 saturated carbocycles. The predicted octanol–water partition coefficient (Wildman–Crippen LogP) is 3.85. The molecule has 1 fully saturated rings. The van der Waals surface area contributed by atoms with Gasteiger partial charge in [0.1, 0.15) is 0 Å². The lowest BCUT2D eigenvalue weighted by molar-refractivity contribution is -0.132. The Morgan fingerprint density at radius 1 is 1.26 bits per heavy atom. The van der Waals surface area contributed by atoms with E-state index in [0.717, 1.165) is 30.4 Å². The second-order valence-corrected chi connectivity index (χ2v) is 6.92. The molecular formula is C18H19N3OS. The molecule has 23 heavy (non-hydrogen) atoms. The van der Waals surface area contributed by atoms with Gasteiger partial charge in [-0.3, -0.25) is 4.79 Å². The number of imidazole rings is 1. The number of aromatic nitrogens is 2. The zero-order valence-corrected chi connectivity index (χ0v) is 13.7. The van der Waals surface area contributed by atoms with Crippen LogP contribution in [0.15, 0.2) is 48.1 Å². The van der Waals surface area contributed by atoms with E-state index >= 15 is 0 Å². The molecule has 0 aliphatic carbocycles. The van der Waals surface area contributed by atoms with Crippen molar-refractivity contribution >= 4 is 28.3 Å². The van der Waals surface area contributed by atoms with Gasteiger partial charge in [-0.15, -0.1) is 11.3 Å². The summed E-state index contributed by atoms with van der Waals surface area (Å²) in [5, 5.41) is 2.09. The van der Waals surface area contributed by atoms with Crippen LogP contribution >= 0.6 is 11.3 Å². The van der Waals surface area contributed by atoms with Crippen molar-refractivity contribution in [3.05, 3.63) is 53.0 Å². The molecule has 5 heteroatoms. The van der Waals surface area contributed by atoms with Gasteiger partial charge in [0.2, 0.25) is 5.91 Å². The van der Waals surface area contributed by atoms with Crippen molar-refractivity contribution in [1.29, 1.82) is 0 Å². The highest BCUT2D eigenvalue weighted by Gasteiger charge is 2.30. The van der Waals surface area contributed by atoms with Crippen molar-refractivity contribution in [3.8, 4) is 0 Å². The number of hydrogen-bond acceptors (Lipinski definition) is 3. The van der Waals surface area contributed by atoms with Crippen molar-refractivity contribution in [2.45, 2.75) is 31.8 Å². The summed E-state index contributed by atoms with van der Waals surface area (Å²) in [6.45, 7) is 1.57. The average molecular weight is 325 g/mol. The number of aryl methyl sites for hydroxylation is 1. The first kappa shape index (κ1) is 14.5. The number of thiophene rings is 1. The second-order valence-electron chi connectivity index (χ2n) is 5.94. The van der Waals surface area contributed by atoms with Gasteiger partial charge in [0.25, 0.3) is 0 Å². The quantitative estimate of drug-likeness (QED) is 0.731. The van der Waals surface area contributed by atoms with Crippen molar-refractivity contribution in [2.75, 3.05) is 6.54 Å². The van der Waals surface area contributed by atoms with E-state index in [0.29, 0.717) is 13.0 Å². The van der Waals surface area contributed by atoms with E-state index in [4.69, 9.17) is 0 Å². The molecule has 4 nitrogen and oxygen atoms in total. The fourth-order valence-electron chi connectivity index (χ4n) is 3.39. The van der Waals surface area contributed by atoms with E-state index in [1.54, 1.807) is 11.3 Å². The Kier molecular flexibility index (Phi) is 3.87. The van der Waals surface area contributed by atoms with Gasteiger partial charge in [-0.25, -0.2) is 4.98 Å². The molecule has 118 valence electrons. The van der Waals surface area contributed by atoms with Gasteiger partial charge in [0, 0.05) is 24.4 Å². The third-order valence-corrected chi connectivity index (χ3v) is 5.51. The lowest BCUT2D eigenvalue weighted by Crippen LogP contribution is -2.30. The number of carbonyl (C=O) groups excluding carboxylic acids is 1. The normalized spacial score (nSPS) is 17.9. The third kappa shape index (κ3) is 2.77. The summed E-state index contributed by atoms with van der Waals surface area (Å²) in [7, 11) is 0. The van der Waals surface area contributed by atoms with Crippen molar-refractivity contribution in [2.24, 2.45) is 0 Å². The fourth-order valence-corrected chi connectivity index (χ4v) is 4.26. The molecule has 1 aliphatic heterocycles. The minimum absolute atomic E-state index is 0.249. The molecular weight excluding hydrogens is 306 g/mol. The Hall–Kier alpha value is -2.14. The smallest absolute Gasteiger partial charge is 0.224 e. The maximum atomic E-state index is 12.7. The van der Waals surface area contributed by atoms with Gasteiger partial charge in [-0.1, -0.05) is 18.2 Å². The summed E-state index contributed by atoms with van der Waals surface area (Å²) in [4.78, 5) is 20.4. The third-order valence-electron chi connectivity index (χ3n) is 4.54. The standard InChI is InChI=1S/C18H19N3OS/c22-18(21-10-3-7-16(21)17-8-4-12-23-17)9-11-20-13-19-14-5-1-2-6-15(14)20/h1-2,4-6,8,12-13,16H,3,7,9-11H2. The number of nitrogens with zero attached hydrogens (tertiary/aromatic N) is 3. The van der Waals surface area contributed by atoms with Gasteiger partial charge in [0.05, 0.1) is 23.4 Å². The van der Waals surface area contributed by atoms with Crippen LogP contribution < -0.4 is 0 Å². The topological polar surface area (TPSA) is 38.1 Å². The molecule has 1 saturated heterocycles. The molecule has 2 aromatic heterocycles. The predicted molar refractivity (Wildman–Crippen MR) is 92.4 cm³/mol. The average Bonchev–Trinajstić information content (AvgIpc) is 3.31. The number of amides is 1. The molecule has 3 aromatic rings. The van der Waals surface area contributed by atoms with Crippen LogP contribution in [0.1, 0.15) is 30.2 Å². The monoisotopic (exact) mass is 325 g/mol. The number of carbonyl (C=O) groups is 1. The molecule has 0 bridgehead atoms. The van der Waals surface area contributed by atoms with Crippen LogP contribution in [0, 0.1) is 0 Å². The number of benzene rings is 1. The summed E-state index contributed by atoms with van der Waals surface area (Å²) in [6, 6.07) is 12.5. The van der Waals surface area contributed by atoms with Crippen LogP contribution in [-0.4, -0.2) is 26.9 Å². The van der Waals surface area contributed by atoms with Crippen LogP contribution in [0.3, 0.4) is 0 Å². The maximum Gasteiger partial charge on any atom is 0.224 e. The van der Waals surface area contributed by atoms with Gasteiger partial charge in [-0.2, -0.15) is 0 Å². The number of hydrogen-bond donors (Lipinski definition) is 0. The SMILES string of the molecule is O=C(CCn1cnc2ccccc21)N1CCCC1c1cccs1. The highest BCUT2D eigenvalue weighted by Crippen LogP contribution is 2.34. The van der Waals surface area contributed by atoms with Crippen LogP contribution in [0.5, 0.6) is 0 Å². The van der Waals surface area contributed by atoms with E-state index in [9.17, 15) is 4.79 Å². The molecule has 4 rings (SSSR count). The Bertz CT molecular complexity index is 809. The first-order chi connectivity index (χ1) is 11.3. The second kappa shape index (κ2) is 6.16. The highest BCUT2D eigenvalue weighted by atomic mass is 32.1. The van der Waals surface area contributed by atoms with E-state index in [-0.39, 0.29) is 11.9 Å². The molecule has 0 spiro atoms. The molecule has 1 amide bonds. The van der Waals surface area contributed by atoms with Gasteiger partial charge in [0.15, 0.2) is 0 Å². The highest BCUT2D eigenvalue weighted by molar-refractivity contribution is 7.10. The van der Waals surface area contributed by atoms with Gasteiger partial charge < -0.3 is 9.47 Å². The number of rotatable bonds is 4. The first-order valence-electron chi connectivity index (χ1n) is 8.05. The van der Waals surface area contributed by atoms with Crippen LogP contribution in [0.4, 0.5) is 0 Å². The minimum Gasteiger partial charge on any atom is -0.335 e. The summed E-state index contributed by atoms with van der Waals surface area (Å²) < 4.78 is 2.07. The molecule has 1 aromatic carbocycles. The van der Waals surface area contributed by atoms with Gasteiger partial charge in [-0.05, 0) is 36.4 Å². The van der Waals surface area contributed by atoms with Crippen molar-refractivity contribution < 1.29 is 4.79 Å². The molecule has 0 N–H and O–H groups in total. The Labute approximate surface area is 139 Å². The maximum absolute atomic E-state index is 12.7. The van der Waals surface area contributed by atoms with Crippen LogP contribution in [0.25, 0.3) is 11.0 Å². The fraction of sp³-hybridized carbons (Fsp3) is 0.333. The van der Waals surface area contributed by atoms with E-state index in [1.165, 1.54) is 4.88 Å². The van der Waals surface area contributed by atoms with Crippen molar-refractivity contribution in [3.63, 3.8) is 0 Å². The summed E-state index contributed by atoms with van der Waals surface area (Å²) in [5.41, 5.74) is 2.08. The molecule has 1 aliphatic rings. The van der Waals surface area contributed by atoms with Crippen LogP contribution in [0.2, 0.25) is 0 Å². The molecule has 0 radical (unpaired) electrons. The number of fused-ring (bicyclic) bond motifs is 1. The van der Waals surface area contributed by atoms with Crippen LogP contribution in [-0.2, 0) is 11.3 Å². The van der Waals surface area contributed by atoms with E-state index in [2.05, 4.69) is 38.0 Å². The van der Waals surface area contributed by atoms with E-state index < -0.39 is 0 Å². The largest absolute Gasteiger partial charge is 0.335 e. The Morgan fingerprint density at radius 2 is 2.17 bits per heavy atom. The molecule has 1 unspecified atom stereocenters. The van der Waals surface area contributed by atoms with Crippen molar-refractivity contribution in [1.82, 2.24) is 14.5 Å². The summed E-state index contributed by atoms with van der Waals surface area (Å²) in [5.74, 6) is 0.249. The zero-order valence-electron chi connectivity index (χ0n) is 12.9. The number of para-hydroxylation sites is 2. The summed E-state index contributed by atoms with van der Waals surface area (Å²) in [6.07, 6.45) is 4.55. The lowest BCUT2D eigenvalue weighted by atomic mass is 10.2. The Balaban J connectivity index is 1.45. The Morgan fingerprint density at radius 3 is 3.04 bits per heavy atom. The molecule has 3 heterocycles. The van der Waals surface area contributed by atoms with E-state index in [1.807, 2.05) is 24.5 Å². The van der Waals surface area contributed by atoms with Gasteiger partial charge >= 0.3 is 0 Å². The minimum atomic E-state index is 0.249. The molecule has 1 atom stereocenters. The zero-order chi connectivity index (χ0) is 15.6. The summed E-state index contributed by atoms with van der Waals surface area (Å²) >= 11 is 1.75. The lowest BCUT2D eigenvalue weighted by Gasteiger charge is -2.24. The first-order valence-corrected chi connectivity index (χ1v) is 8.93. The number of likely N-dealkylation sites (tertiary alicyclic amines) is 1.